The van der Waals surface area contributed by atoms with Gasteiger partial charge in [-0.25, -0.2) is 4.98 Å². The molecule has 0 atom stereocenters. The van der Waals surface area contributed by atoms with Gasteiger partial charge in [0.25, 0.3) is 0 Å². The van der Waals surface area contributed by atoms with Crippen molar-refractivity contribution >= 4 is 11.0 Å². The molecule has 0 unspecified atom stereocenters. The Morgan fingerprint density at radius 2 is 1.64 bits per heavy atom. The number of hydrogen-bond donors (Lipinski definition) is 0. The second kappa shape index (κ2) is 11.2. The van der Waals surface area contributed by atoms with Crippen molar-refractivity contribution in [2.75, 3.05) is 6.61 Å². The van der Waals surface area contributed by atoms with E-state index in [4.69, 9.17) is 14.5 Å². The highest BCUT2D eigenvalue weighted by Gasteiger charge is 2.14. The summed E-state index contributed by atoms with van der Waals surface area (Å²) in [5, 5.41) is 0. The molecule has 0 radical (unpaired) electrons. The maximum atomic E-state index is 6.21. The Morgan fingerprint density at radius 1 is 0.889 bits per heavy atom. The summed E-state index contributed by atoms with van der Waals surface area (Å²) in [7, 11) is 0. The normalized spacial score (nSPS) is 11.9. The van der Waals surface area contributed by atoms with E-state index in [-0.39, 0.29) is 5.41 Å². The first-order chi connectivity index (χ1) is 17.2. The van der Waals surface area contributed by atoms with Crippen molar-refractivity contribution in [2.45, 2.75) is 78.9 Å². The zero-order chi connectivity index (χ0) is 25.7. The van der Waals surface area contributed by atoms with Crippen LogP contribution in [0, 0.1) is 6.92 Å². The van der Waals surface area contributed by atoms with E-state index >= 15 is 0 Å². The van der Waals surface area contributed by atoms with Crippen LogP contribution in [0.2, 0.25) is 0 Å². The Morgan fingerprint density at radius 3 is 2.36 bits per heavy atom. The van der Waals surface area contributed by atoms with Crippen molar-refractivity contribution in [2.24, 2.45) is 0 Å². The Balaban J connectivity index is 1.38. The van der Waals surface area contributed by atoms with Gasteiger partial charge in [-0.05, 0) is 78.1 Å². The molecule has 0 aliphatic rings. The third-order valence-corrected chi connectivity index (χ3v) is 6.65. The smallest absolute Gasteiger partial charge is 0.147 e. The number of para-hydroxylation sites is 2. The lowest BCUT2D eigenvalue weighted by molar-refractivity contribution is 0.284. The van der Waals surface area contributed by atoms with E-state index in [1.165, 1.54) is 16.7 Å². The van der Waals surface area contributed by atoms with Crippen molar-refractivity contribution in [1.82, 2.24) is 9.55 Å². The van der Waals surface area contributed by atoms with E-state index in [0.29, 0.717) is 19.1 Å². The van der Waals surface area contributed by atoms with E-state index < -0.39 is 0 Å². The van der Waals surface area contributed by atoms with Crippen molar-refractivity contribution in [1.29, 1.82) is 0 Å². The monoisotopic (exact) mass is 484 g/mol. The number of hydrogen-bond acceptors (Lipinski definition) is 3. The van der Waals surface area contributed by atoms with Crippen LogP contribution in [0.15, 0.2) is 66.7 Å². The summed E-state index contributed by atoms with van der Waals surface area (Å²) in [5.41, 5.74) is 6.10. The second-order valence-corrected chi connectivity index (χ2v) is 11.0. The molecule has 1 heterocycles. The SMILES string of the molecule is Cc1ccc(C(C)C)c(OCCCCn2c(COc3ccc(C(C)(C)C)cc3)nc3ccccc32)c1. The van der Waals surface area contributed by atoms with Gasteiger partial charge in [0, 0.05) is 6.54 Å². The van der Waals surface area contributed by atoms with Crippen LogP contribution in [-0.4, -0.2) is 16.2 Å². The first-order valence-corrected chi connectivity index (χ1v) is 13.1. The summed E-state index contributed by atoms with van der Waals surface area (Å²) in [4.78, 5) is 4.88. The molecule has 0 fully saturated rings. The topological polar surface area (TPSA) is 36.3 Å². The first kappa shape index (κ1) is 25.8. The van der Waals surface area contributed by atoms with Crippen LogP contribution in [0.4, 0.5) is 0 Å². The van der Waals surface area contributed by atoms with E-state index in [2.05, 4.69) is 107 Å². The molecule has 0 aliphatic heterocycles. The summed E-state index contributed by atoms with van der Waals surface area (Å²) in [6, 6.07) is 23.2. The maximum Gasteiger partial charge on any atom is 0.147 e. The highest BCUT2D eigenvalue weighted by atomic mass is 16.5. The van der Waals surface area contributed by atoms with E-state index in [1.807, 2.05) is 6.07 Å². The number of aromatic nitrogens is 2. The molecule has 0 spiro atoms. The number of nitrogens with zero attached hydrogens (tertiary/aromatic N) is 2. The fraction of sp³-hybridized carbons (Fsp3) is 0.406. The van der Waals surface area contributed by atoms with Crippen LogP contribution >= 0.6 is 0 Å². The molecule has 4 nitrogen and oxygen atoms in total. The first-order valence-electron chi connectivity index (χ1n) is 13.1. The van der Waals surface area contributed by atoms with E-state index in [9.17, 15) is 0 Å². The van der Waals surface area contributed by atoms with Gasteiger partial charge in [-0.3, -0.25) is 0 Å². The van der Waals surface area contributed by atoms with Gasteiger partial charge in [-0.15, -0.1) is 0 Å². The van der Waals surface area contributed by atoms with Gasteiger partial charge >= 0.3 is 0 Å². The fourth-order valence-corrected chi connectivity index (χ4v) is 4.48. The Labute approximate surface area is 216 Å². The lowest BCUT2D eigenvalue weighted by Gasteiger charge is -2.19. The molecule has 0 aliphatic carbocycles. The zero-order valence-corrected chi connectivity index (χ0v) is 22.7. The molecule has 4 aromatic rings. The number of aryl methyl sites for hydroxylation is 2. The van der Waals surface area contributed by atoms with E-state index in [0.717, 1.165) is 47.7 Å². The predicted octanol–water partition coefficient (Wildman–Crippen LogP) is 8.20. The van der Waals surface area contributed by atoms with Crippen LogP contribution in [-0.2, 0) is 18.6 Å². The molecule has 36 heavy (non-hydrogen) atoms. The maximum absolute atomic E-state index is 6.21. The fourth-order valence-electron chi connectivity index (χ4n) is 4.48. The molecule has 0 bridgehead atoms. The highest BCUT2D eigenvalue weighted by molar-refractivity contribution is 5.75. The average Bonchev–Trinajstić information content (AvgIpc) is 3.19. The molecule has 3 aromatic carbocycles. The van der Waals surface area contributed by atoms with Crippen LogP contribution in [0.3, 0.4) is 0 Å². The van der Waals surface area contributed by atoms with Gasteiger partial charge in [0.1, 0.15) is 23.9 Å². The Hall–Kier alpha value is -3.27. The Kier molecular flexibility index (Phi) is 8.03. The lowest BCUT2D eigenvalue weighted by Crippen LogP contribution is -2.11. The van der Waals surface area contributed by atoms with Gasteiger partial charge in [0.05, 0.1) is 17.6 Å². The van der Waals surface area contributed by atoms with Gasteiger partial charge < -0.3 is 14.0 Å². The van der Waals surface area contributed by atoms with Gasteiger partial charge in [0.2, 0.25) is 0 Å². The third kappa shape index (κ3) is 6.29. The van der Waals surface area contributed by atoms with Crippen molar-refractivity contribution in [3.05, 3.63) is 89.2 Å². The van der Waals surface area contributed by atoms with Gasteiger partial charge in [0.15, 0.2) is 0 Å². The number of rotatable bonds is 10. The van der Waals surface area contributed by atoms with Gasteiger partial charge in [-0.1, -0.05) is 71.0 Å². The number of ether oxygens (including phenoxy) is 2. The summed E-state index contributed by atoms with van der Waals surface area (Å²) in [6.07, 6.45) is 1.99. The highest BCUT2D eigenvalue weighted by Crippen LogP contribution is 2.28. The Bertz CT molecular complexity index is 1280. The molecule has 0 N–H and O–H groups in total. The van der Waals surface area contributed by atoms with Crippen LogP contribution in [0.1, 0.15) is 75.9 Å². The zero-order valence-electron chi connectivity index (χ0n) is 22.7. The molecular formula is C32H40N2O2. The van der Waals surface area contributed by atoms with Crippen LogP contribution in [0.5, 0.6) is 11.5 Å². The average molecular weight is 485 g/mol. The predicted molar refractivity (Wildman–Crippen MR) is 149 cm³/mol. The second-order valence-electron chi connectivity index (χ2n) is 11.0. The standard InChI is InChI=1S/C32H40N2O2/c1-23(2)27-18-13-24(3)21-30(27)35-20-10-9-19-34-29-12-8-7-11-28(29)33-31(34)22-36-26-16-14-25(15-17-26)32(4,5)6/h7-8,11-18,21,23H,9-10,19-20,22H2,1-6H3. The largest absolute Gasteiger partial charge is 0.493 e. The molecule has 0 amide bonds. The van der Waals surface area contributed by atoms with Crippen molar-refractivity contribution in [3.8, 4) is 11.5 Å². The summed E-state index contributed by atoms with van der Waals surface area (Å²) in [5.74, 6) is 3.29. The van der Waals surface area contributed by atoms with Crippen molar-refractivity contribution < 1.29 is 9.47 Å². The van der Waals surface area contributed by atoms with E-state index in [1.54, 1.807) is 0 Å². The van der Waals surface area contributed by atoms with Crippen molar-refractivity contribution in [3.63, 3.8) is 0 Å². The number of unbranched alkanes of at least 4 members (excludes halogenated alkanes) is 1. The molecule has 0 saturated carbocycles. The minimum Gasteiger partial charge on any atom is -0.493 e. The summed E-state index contributed by atoms with van der Waals surface area (Å²) >= 11 is 0. The number of imidazole rings is 1. The number of fused-ring (bicyclic) bond motifs is 1. The molecule has 4 rings (SSSR count). The third-order valence-electron chi connectivity index (χ3n) is 6.65. The molecule has 4 heteroatoms. The molecule has 190 valence electrons. The number of benzene rings is 3. The quantitative estimate of drug-likeness (QED) is 0.213. The lowest BCUT2D eigenvalue weighted by atomic mass is 9.87. The minimum absolute atomic E-state index is 0.131. The molecular weight excluding hydrogens is 444 g/mol. The van der Waals surface area contributed by atoms with Crippen LogP contribution < -0.4 is 9.47 Å². The minimum atomic E-state index is 0.131. The molecule has 1 aromatic heterocycles. The summed E-state index contributed by atoms with van der Waals surface area (Å²) < 4.78 is 14.7. The van der Waals surface area contributed by atoms with Crippen LogP contribution in [0.25, 0.3) is 11.0 Å². The van der Waals surface area contributed by atoms with Gasteiger partial charge in [-0.2, -0.15) is 0 Å². The molecule has 0 saturated heterocycles. The summed E-state index contributed by atoms with van der Waals surface area (Å²) in [6.45, 7) is 15.2.